The smallest absolute Gasteiger partial charge is 0.146 e. The maximum atomic E-state index is 13.5. The number of benzene rings is 1. The largest absolute Gasteiger partial charge is 0.375 e. The highest BCUT2D eigenvalue weighted by atomic mass is 19.1. The molecule has 0 aliphatic carbocycles. The van der Waals surface area contributed by atoms with Gasteiger partial charge in [0.2, 0.25) is 0 Å². The van der Waals surface area contributed by atoms with Gasteiger partial charge in [-0.2, -0.15) is 0 Å². The van der Waals surface area contributed by atoms with Gasteiger partial charge in [-0.3, -0.25) is 4.98 Å². The van der Waals surface area contributed by atoms with Gasteiger partial charge < -0.3 is 11.1 Å². The molecule has 1 unspecified atom stereocenters. The highest BCUT2D eigenvalue weighted by Gasteiger charge is 2.11. The normalized spacial score (nSPS) is 12.1. The van der Waals surface area contributed by atoms with E-state index >= 15 is 0 Å². The minimum absolute atomic E-state index is 0.138. The number of nitrogens with one attached hydrogen (secondary N) is 1. The van der Waals surface area contributed by atoms with E-state index in [0.29, 0.717) is 12.2 Å². The fraction of sp³-hybridized carbons (Fsp3) is 0.154. The van der Waals surface area contributed by atoms with Gasteiger partial charge in [0.15, 0.2) is 0 Å². The lowest BCUT2D eigenvalue weighted by atomic mass is 10.1. The molecule has 0 radical (unpaired) electrons. The maximum Gasteiger partial charge on any atom is 0.146 e. The molecular formula is C13H14FN3. The summed E-state index contributed by atoms with van der Waals surface area (Å²) in [6.07, 6.45) is 3.42. The van der Waals surface area contributed by atoms with Crippen LogP contribution in [0.15, 0.2) is 48.8 Å². The van der Waals surface area contributed by atoms with E-state index in [2.05, 4.69) is 10.3 Å². The number of pyridine rings is 1. The van der Waals surface area contributed by atoms with E-state index in [9.17, 15) is 4.39 Å². The van der Waals surface area contributed by atoms with Crippen LogP contribution in [0.5, 0.6) is 0 Å². The molecule has 1 aromatic carbocycles. The molecule has 0 bridgehead atoms. The third-order valence-corrected chi connectivity index (χ3v) is 2.53. The second kappa shape index (κ2) is 5.41. The van der Waals surface area contributed by atoms with Gasteiger partial charge >= 0.3 is 0 Å². The molecule has 3 nitrogen and oxygen atoms in total. The summed E-state index contributed by atoms with van der Waals surface area (Å²) >= 11 is 0. The van der Waals surface area contributed by atoms with Crippen LogP contribution in [0, 0.1) is 5.82 Å². The Balaban J connectivity index is 2.19. The molecule has 1 aromatic heterocycles. The van der Waals surface area contributed by atoms with E-state index in [1.807, 2.05) is 12.1 Å². The van der Waals surface area contributed by atoms with Crippen LogP contribution in [0.2, 0.25) is 0 Å². The van der Waals surface area contributed by atoms with Crippen molar-refractivity contribution in [3.8, 4) is 0 Å². The number of nitrogens with zero attached hydrogens (tertiary/aromatic N) is 1. The molecule has 1 atom stereocenters. The predicted molar refractivity (Wildman–Crippen MR) is 66.1 cm³/mol. The van der Waals surface area contributed by atoms with Gasteiger partial charge in [-0.25, -0.2) is 4.39 Å². The minimum Gasteiger partial charge on any atom is -0.375 e. The van der Waals surface area contributed by atoms with Gasteiger partial charge in [0.25, 0.3) is 0 Å². The first-order valence-electron chi connectivity index (χ1n) is 5.42. The Morgan fingerprint density at radius 3 is 2.71 bits per heavy atom. The van der Waals surface area contributed by atoms with E-state index in [-0.39, 0.29) is 11.9 Å². The lowest BCUT2D eigenvalue weighted by Crippen LogP contribution is -2.21. The third-order valence-electron chi connectivity index (χ3n) is 2.53. The first-order valence-corrected chi connectivity index (χ1v) is 5.42. The molecule has 0 aliphatic heterocycles. The number of rotatable bonds is 4. The first kappa shape index (κ1) is 11.5. The van der Waals surface area contributed by atoms with Crippen LogP contribution in [0.25, 0.3) is 0 Å². The van der Waals surface area contributed by atoms with Gasteiger partial charge in [-0.1, -0.05) is 18.2 Å². The van der Waals surface area contributed by atoms with Crippen molar-refractivity contribution in [1.29, 1.82) is 0 Å². The van der Waals surface area contributed by atoms with E-state index in [1.165, 1.54) is 6.07 Å². The van der Waals surface area contributed by atoms with Gasteiger partial charge in [-0.15, -0.1) is 0 Å². The van der Waals surface area contributed by atoms with Gasteiger partial charge in [-0.05, 0) is 23.8 Å². The zero-order valence-electron chi connectivity index (χ0n) is 9.31. The summed E-state index contributed by atoms with van der Waals surface area (Å²) in [5, 5.41) is 3.07. The molecule has 0 aliphatic rings. The number of halogens is 1. The van der Waals surface area contributed by atoms with Crippen LogP contribution >= 0.6 is 0 Å². The summed E-state index contributed by atoms with van der Waals surface area (Å²) < 4.78 is 13.5. The molecule has 88 valence electrons. The number of aromatic nitrogens is 1. The van der Waals surface area contributed by atoms with E-state index < -0.39 is 0 Å². The zero-order valence-corrected chi connectivity index (χ0v) is 9.31. The van der Waals surface area contributed by atoms with E-state index in [1.54, 1.807) is 30.6 Å². The quantitative estimate of drug-likeness (QED) is 0.849. The summed E-state index contributed by atoms with van der Waals surface area (Å²) in [5.41, 5.74) is 7.08. The zero-order chi connectivity index (χ0) is 12.1. The van der Waals surface area contributed by atoms with E-state index in [0.717, 1.165) is 5.56 Å². The molecule has 1 heterocycles. The average molecular weight is 231 g/mol. The Morgan fingerprint density at radius 1 is 1.24 bits per heavy atom. The molecule has 3 N–H and O–H groups in total. The lowest BCUT2D eigenvalue weighted by Gasteiger charge is -2.18. The average Bonchev–Trinajstić information content (AvgIpc) is 2.39. The molecule has 0 fully saturated rings. The Morgan fingerprint density at radius 2 is 2.06 bits per heavy atom. The first-order chi connectivity index (χ1) is 8.31. The van der Waals surface area contributed by atoms with Crippen LogP contribution < -0.4 is 11.1 Å². The maximum absolute atomic E-state index is 13.5. The Labute approximate surface area is 99.5 Å². The standard InChI is InChI=1S/C13H14FN3/c14-11-5-1-2-6-12(11)17-13(8-15)10-4-3-7-16-9-10/h1-7,9,13,17H,8,15H2. The summed E-state index contributed by atoms with van der Waals surface area (Å²) in [5.74, 6) is -0.283. The second-order valence-corrected chi connectivity index (χ2v) is 3.70. The van der Waals surface area contributed by atoms with Crippen LogP contribution in [0.3, 0.4) is 0 Å². The summed E-state index contributed by atoms with van der Waals surface area (Å²) in [4.78, 5) is 4.03. The van der Waals surface area contributed by atoms with Crippen LogP contribution in [-0.2, 0) is 0 Å². The fourth-order valence-electron chi connectivity index (χ4n) is 1.63. The van der Waals surface area contributed by atoms with Crippen molar-refractivity contribution >= 4 is 5.69 Å². The van der Waals surface area contributed by atoms with Crippen LogP contribution in [0.1, 0.15) is 11.6 Å². The van der Waals surface area contributed by atoms with Crippen LogP contribution in [0.4, 0.5) is 10.1 Å². The summed E-state index contributed by atoms with van der Waals surface area (Å²) in [6.45, 7) is 0.375. The minimum atomic E-state index is -0.283. The number of para-hydroxylation sites is 1. The molecule has 2 rings (SSSR count). The predicted octanol–water partition coefficient (Wildman–Crippen LogP) is 2.33. The van der Waals surface area contributed by atoms with E-state index in [4.69, 9.17) is 5.73 Å². The van der Waals surface area contributed by atoms with Crippen molar-refractivity contribution in [2.45, 2.75) is 6.04 Å². The number of hydrogen-bond acceptors (Lipinski definition) is 3. The second-order valence-electron chi connectivity index (χ2n) is 3.70. The SMILES string of the molecule is NCC(Nc1ccccc1F)c1cccnc1. The lowest BCUT2D eigenvalue weighted by molar-refractivity contribution is 0.625. The number of anilines is 1. The summed E-state index contributed by atoms with van der Waals surface area (Å²) in [6, 6.07) is 10.2. The molecule has 2 aromatic rings. The highest BCUT2D eigenvalue weighted by Crippen LogP contribution is 2.20. The van der Waals surface area contributed by atoms with Crippen molar-refractivity contribution < 1.29 is 4.39 Å². The Kier molecular flexibility index (Phi) is 3.67. The molecule has 0 saturated carbocycles. The highest BCUT2D eigenvalue weighted by molar-refractivity contribution is 5.46. The van der Waals surface area contributed by atoms with Gasteiger partial charge in [0, 0.05) is 18.9 Å². The van der Waals surface area contributed by atoms with Gasteiger partial charge in [0.1, 0.15) is 5.82 Å². The summed E-state index contributed by atoms with van der Waals surface area (Å²) in [7, 11) is 0. The molecule has 4 heteroatoms. The molecule has 17 heavy (non-hydrogen) atoms. The topological polar surface area (TPSA) is 50.9 Å². The molecule has 0 amide bonds. The number of nitrogens with two attached hydrogens (primary N) is 1. The monoisotopic (exact) mass is 231 g/mol. The molecule has 0 saturated heterocycles. The van der Waals surface area contributed by atoms with Crippen LogP contribution in [-0.4, -0.2) is 11.5 Å². The Bertz CT molecular complexity index is 473. The Hall–Kier alpha value is -1.94. The third kappa shape index (κ3) is 2.79. The van der Waals surface area contributed by atoms with Crippen molar-refractivity contribution in [3.63, 3.8) is 0 Å². The van der Waals surface area contributed by atoms with Crippen molar-refractivity contribution in [2.24, 2.45) is 5.73 Å². The van der Waals surface area contributed by atoms with Gasteiger partial charge in [0.05, 0.1) is 11.7 Å². The molecular weight excluding hydrogens is 217 g/mol. The molecule has 0 spiro atoms. The van der Waals surface area contributed by atoms with Crippen molar-refractivity contribution in [3.05, 3.63) is 60.2 Å². The van der Waals surface area contributed by atoms with Crippen molar-refractivity contribution in [1.82, 2.24) is 4.98 Å². The number of hydrogen-bond donors (Lipinski definition) is 2. The van der Waals surface area contributed by atoms with Crippen molar-refractivity contribution in [2.75, 3.05) is 11.9 Å². The fourth-order valence-corrected chi connectivity index (χ4v) is 1.63.